The van der Waals surface area contributed by atoms with Gasteiger partial charge < -0.3 is 31.2 Å². The number of carbonyl (C=O) groups excluding carboxylic acids is 2. The number of primary amides is 1. The summed E-state index contributed by atoms with van der Waals surface area (Å²) in [5, 5.41) is 9.70. The van der Waals surface area contributed by atoms with Gasteiger partial charge in [-0.1, -0.05) is 12.1 Å². The molecule has 32 heavy (non-hydrogen) atoms. The molecule has 0 heterocycles. The first-order chi connectivity index (χ1) is 14.6. The molecule has 0 bridgehead atoms. The molecule has 1 aromatic carbocycles. The standard InChI is InChI=1S/C22H35N5O4.HI/c1-22(2,3)31-21(29)27-17-10-8-16(9-11-17)26-20(24-4)25-13-15-6-5-7-18(12-15)30-14-19(23)28;/h5-7,12,16-17H,8-11,13-14H2,1-4H3,(H2,23,28)(H,27,29)(H2,24,25,26);1H. The third-order valence-electron chi connectivity index (χ3n) is 4.75. The number of alkyl carbamates (subject to hydrolysis) is 1. The maximum absolute atomic E-state index is 11.9. The Bertz CT molecular complexity index is 774. The van der Waals surface area contributed by atoms with Gasteiger partial charge >= 0.3 is 6.09 Å². The molecule has 0 atom stereocenters. The van der Waals surface area contributed by atoms with Gasteiger partial charge in [-0.3, -0.25) is 9.79 Å². The summed E-state index contributed by atoms with van der Waals surface area (Å²) in [6.07, 6.45) is 3.26. The van der Waals surface area contributed by atoms with E-state index < -0.39 is 11.5 Å². The molecule has 2 rings (SSSR count). The van der Waals surface area contributed by atoms with Crippen molar-refractivity contribution in [2.45, 2.75) is 70.7 Å². The van der Waals surface area contributed by atoms with Gasteiger partial charge in [-0.2, -0.15) is 0 Å². The van der Waals surface area contributed by atoms with Crippen molar-refractivity contribution in [2.24, 2.45) is 10.7 Å². The minimum Gasteiger partial charge on any atom is -0.484 e. The molecular weight excluding hydrogens is 525 g/mol. The molecule has 9 nitrogen and oxygen atoms in total. The molecule has 5 N–H and O–H groups in total. The molecule has 0 aliphatic heterocycles. The van der Waals surface area contributed by atoms with Crippen molar-refractivity contribution in [3.05, 3.63) is 29.8 Å². The number of amides is 2. The van der Waals surface area contributed by atoms with E-state index in [-0.39, 0.29) is 48.8 Å². The highest BCUT2D eigenvalue weighted by Gasteiger charge is 2.25. The van der Waals surface area contributed by atoms with Crippen LogP contribution in [0, 0.1) is 0 Å². The number of nitrogens with zero attached hydrogens (tertiary/aromatic N) is 1. The third kappa shape index (κ3) is 10.9. The number of hydrogen-bond acceptors (Lipinski definition) is 5. The van der Waals surface area contributed by atoms with Crippen LogP contribution in [0.3, 0.4) is 0 Å². The molecule has 180 valence electrons. The highest BCUT2D eigenvalue weighted by atomic mass is 127. The van der Waals surface area contributed by atoms with Crippen molar-refractivity contribution in [2.75, 3.05) is 13.7 Å². The van der Waals surface area contributed by atoms with Crippen LogP contribution >= 0.6 is 24.0 Å². The molecule has 1 saturated carbocycles. The second-order valence-electron chi connectivity index (χ2n) is 8.67. The minimum atomic E-state index is -0.510. The Kier molecular flexibility index (Phi) is 11.6. The molecule has 2 amide bonds. The largest absolute Gasteiger partial charge is 0.484 e. The SMILES string of the molecule is CN=C(NCc1cccc(OCC(N)=O)c1)NC1CCC(NC(=O)OC(C)(C)C)CC1.I. The van der Waals surface area contributed by atoms with Gasteiger partial charge in [-0.25, -0.2) is 4.79 Å². The summed E-state index contributed by atoms with van der Waals surface area (Å²) in [6.45, 7) is 5.98. The maximum atomic E-state index is 11.9. The fourth-order valence-corrected chi connectivity index (χ4v) is 3.33. The fraction of sp³-hybridized carbons (Fsp3) is 0.591. The van der Waals surface area contributed by atoms with E-state index in [4.69, 9.17) is 15.2 Å². The second-order valence-corrected chi connectivity index (χ2v) is 8.67. The van der Waals surface area contributed by atoms with E-state index in [1.165, 1.54) is 0 Å². The van der Waals surface area contributed by atoms with Crippen LogP contribution < -0.4 is 26.4 Å². The summed E-state index contributed by atoms with van der Waals surface area (Å²) in [4.78, 5) is 27.1. The summed E-state index contributed by atoms with van der Waals surface area (Å²) >= 11 is 0. The lowest BCUT2D eigenvalue weighted by Crippen LogP contribution is -2.47. The van der Waals surface area contributed by atoms with Crippen LogP contribution in [0.4, 0.5) is 4.79 Å². The monoisotopic (exact) mass is 561 g/mol. The summed E-state index contributed by atoms with van der Waals surface area (Å²) in [7, 11) is 1.73. The molecule has 10 heteroatoms. The van der Waals surface area contributed by atoms with E-state index in [9.17, 15) is 9.59 Å². The molecule has 0 unspecified atom stereocenters. The molecule has 0 aromatic heterocycles. The molecule has 0 saturated heterocycles. The van der Waals surface area contributed by atoms with Crippen molar-refractivity contribution in [1.82, 2.24) is 16.0 Å². The highest BCUT2D eigenvalue weighted by Crippen LogP contribution is 2.19. The van der Waals surface area contributed by atoms with Gasteiger partial charge in [0.25, 0.3) is 5.91 Å². The van der Waals surface area contributed by atoms with E-state index in [1.54, 1.807) is 13.1 Å². The van der Waals surface area contributed by atoms with Gasteiger partial charge in [0.1, 0.15) is 11.4 Å². The number of hydrogen-bond donors (Lipinski definition) is 4. The summed E-state index contributed by atoms with van der Waals surface area (Å²) in [6, 6.07) is 7.88. The molecule has 0 radical (unpaired) electrons. The van der Waals surface area contributed by atoms with Crippen molar-refractivity contribution in [3.8, 4) is 5.75 Å². The van der Waals surface area contributed by atoms with Gasteiger partial charge in [0, 0.05) is 25.7 Å². The number of ether oxygens (including phenoxy) is 2. The Hall–Kier alpha value is -2.24. The lowest BCUT2D eigenvalue weighted by molar-refractivity contribution is -0.119. The predicted octanol–water partition coefficient (Wildman–Crippen LogP) is 2.67. The van der Waals surface area contributed by atoms with Gasteiger partial charge in [0.2, 0.25) is 0 Å². The Morgan fingerprint density at radius 3 is 2.31 bits per heavy atom. The first kappa shape index (κ1) is 27.8. The van der Waals surface area contributed by atoms with E-state index in [0.717, 1.165) is 31.2 Å². The number of benzene rings is 1. The van der Waals surface area contributed by atoms with E-state index >= 15 is 0 Å². The van der Waals surface area contributed by atoms with Gasteiger partial charge in [-0.15, -0.1) is 24.0 Å². The first-order valence-electron chi connectivity index (χ1n) is 10.6. The summed E-state index contributed by atoms with van der Waals surface area (Å²) in [5.41, 5.74) is 5.62. The molecular formula is C22H36IN5O4. The zero-order valence-corrected chi connectivity index (χ0v) is 21.6. The van der Waals surface area contributed by atoms with Gasteiger partial charge in [0.15, 0.2) is 12.6 Å². The van der Waals surface area contributed by atoms with Crippen LogP contribution in [-0.2, 0) is 16.1 Å². The Balaban J connectivity index is 0.00000512. The van der Waals surface area contributed by atoms with E-state index in [1.807, 2.05) is 39.0 Å². The number of halogens is 1. The number of aliphatic imine (C=N–C) groups is 1. The van der Waals surface area contributed by atoms with Crippen LogP contribution in [0.15, 0.2) is 29.3 Å². The fourth-order valence-electron chi connectivity index (χ4n) is 3.33. The van der Waals surface area contributed by atoms with Gasteiger partial charge in [0.05, 0.1) is 0 Å². The zero-order chi connectivity index (χ0) is 22.9. The smallest absolute Gasteiger partial charge is 0.407 e. The number of nitrogens with two attached hydrogens (primary N) is 1. The van der Waals surface area contributed by atoms with E-state index in [2.05, 4.69) is 20.9 Å². The average Bonchev–Trinajstić information content (AvgIpc) is 2.69. The Morgan fingerprint density at radius 1 is 1.12 bits per heavy atom. The van der Waals surface area contributed by atoms with Crippen LogP contribution in [0.2, 0.25) is 0 Å². The van der Waals surface area contributed by atoms with Crippen LogP contribution in [0.1, 0.15) is 52.0 Å². The molecule has 1 aromatic rings. The highest BCUT2D eigenvalue weighted by molar-refractivity contribution is 14.0. The van der Waals surface area contributed by atoms with Crippen LogP contribution in [0.25, 0.3) is 0 Å². The van der Waals surface area contributed by atoms with Crippen molar-refractivity contribution >= 4 is 41.9 Å². The summed E-state index contributed by atoms with van der Waals surface area (Å²) < 4.78 is 10.7. The number of carbonyl (C=O) groups is 2. The lowest BCUT2D eigenvalue weighted by Gasteiger charge is -2.31. The van der Waals surface area contributed by atoms with E-state index in [0.29, 0.717) is 18.3 Å². The number of rotatable bonds is 7. The molecule has 1 aliphatic carbocycles. The van der Waals surface area contributed by atoms with Crippen LogP contribution in [-0.4, -0.2) is 49.3 Å². The quantitative estimate of drug-likeness (QED) is 0.230. The molecule has 1 fully saturated rings. The molecule has 1 aliphatic rings. The first-order valence-corrected chi connectivity index (χ1v) is 10.6. The minimum absolute atomic E-state index is 0. The topological polar surface area (TPSA) is 127 Å². The molecule has 0 spiro atoms. The second kappa shape index (κ2) is 13.3. The lowest BCUT2D eigenvalue weighted by atomic mass is 9.91. The van der Waals surface area contributed by atoms with Crippen molar-refractivity contribution in [3.63, 3.8) is 0 Å². The normalized spacial score (nSPS) is 18.7. The number of nitrogens with one attached hydrogen (secondary N) is 3. The predicted molar refractivity (Wildman–Crippen MR) is 135 cm³/mol. The zero-order valence-electron chi connectivity index (χ0n) is 19.3. The third-order valence-corrected chi connectivity index (χ3v) is 4.75. The van der Waals surface area contributed by atoms with Crippen molar-refractivity contribution in [1.29, 1.82) is 0 Å². The average molecular weight is 561 g/mol. The summed E-state index contributed by atoms with van der Waals surface area (Å²) in [5.74, 6) is 0.799. The maximum Gasteiger partial charge on any atom is 0.407 e. The van der Waals surface area contributed by atoms with Crippen LogP contribution in [0.5, 0.6) is 5.75 Å². The number of guanidine groups is 1. The Morgan fingerprint density at radius 2 is 1.75 bits per heavy atom. The Labute approximate surface area is 207 Å². The van der Waals surface area contributed by atoms with Gasteiger partial charge in [-0.05, 0) is 64.2 Å². The van der Waals surface area contributed by atoms with Crippen molar-refractivity contribution < 1.29 is 19.1 Å².